The summed E-state index contributed by atoms with van der Waals surface area (Å²) in [6.45, 7) is 0. The maximum atomic E-state index is 8.49. The molecule has 0 spiro atoms. The maximum absolute atomic E-state index is 8.49. The molecule has 4 aromatic rings. The molecule has 48 heavy (non-hydrogen) atoms. The fourth-order valence-corrected chi connectivity index (χ4v) is 6.00. The van der Waals surface area contributed by atoms with Gasteiger partial charge >= 0.3 is 0 Å². The van der Waals surface area contributed by atoms with E-state index in [1.807, 2.05) is 30.3 Å². The third-order valence-corrected chi connectivity index (χ3v) is 8.77. The lowest BCUT2D eigenvalue weighted by molar-refractivity contribution is -2.00. The Balaban J connectivity index is 0.000000749. The van der Waals surface area contributed by atoms with E-state index >= 15 is 0 Å². The highest BCUT2D eigenvalue weighted by Gasteiger charge is 2.36. The van der Waals surface area contributed by atoms with Crippen LogP contribution >= 0.6 is 31.9 Å². The van der Waals surface area contributed by atoms with Crippen molar-refractivity contribution in [3.63, 3.8) is 0 Å². The van der Waals surface area contributed by atoms with Gasteiger partial charge < -0.3 is 4.74 Å². The van der Waals surface area contributed by atoms with Gasteiger partial charge in [-0.2, -0.15) is 0 Å². The Kier molecular flexibility index (Phi) is 10.5. The summed E-state index contributed by atoms with van der Waals surface area (Å²) in [7, 11) is -4.94. The van der Waals surface area contributed by atoms with Crippen molar-refractivity contribution in [2.75, 3.05) is 0 Å². The summed E-state index contributed by atoms with van der Waals surface area (Å²) in [5, 5.41) is 5.14. The molecule has 2 heterocycles. The van der Waals surface area contributed by atoms with Gasteiger partial charge in [-0.25, -0.2) is 18.6 Å². The van der Waals surface area contributed by atoms with Gasteiger partial charge in [-0.3, -0.25) is 0 Å². The molecular formula is C38H27Br2ClN2O5. The molecule has 0 N–H and O–H groups in total. The van der Waals surface area contributed by atoms with Crippen LogP contribution in [0.4, 0.5) is 0 Å². The summed E-state index contributed by atoms with van der Waals surface area (Å²) >= 11 is 7.10. The molecule has 3 aliphatic rings. The van der Waals surface area contributed by atoms with Crippen molar-refractivity contribution in [1.82, 2.24) is 0 Å². The lowest BCUT2D eigenvalue weighted by atomic mass is 9.96. The minimum absolute atomic E-state index is 0.130. The Labute approximate surface area is 297 Å². The number of allylic oxidation sites excluding steroid dienone is 8. The molecule has 1 atom stereocenters. The number of halogens is 3. The number of ether oxygens (including phenoxy) is 1. The molecule has 0 bridgehead atoms. The number of benzene rings is 4. The third kappa shape index (κ3) is 8.63. The van der Waals surface area contributed by atoms with E-state index in [9.17, 15) is 0 Å². The Morgan fingerprint density at radius 1 is 0.604 bits per heavy atom. The van der Waals surface area contributed by atoms with Crippen molar-refractivity contribution in [2.24, 2.45) is 5.10 Å². The van der Waals surface area contributed by atoms with Crippen LogP contribution in [0.25, 0.3) is 11.5 Å². The average molecular weight is 787 g/mol. The number of hydrazone groups is 1. The molecule has 0 aromatic heterocycles. The SMILES string of the molecule is Brc1ccc(C2=CC(=C3C=CC(=[N+]4N=C(c5ccccc5)CC4c4ccccc4)C=C3)C=C(c3ccc(Br)cc3)O2)cc1.[O-][Cl+3]([O-])([O-])[O-]. The van der Waals surface area contributed by atoms with Gasteiger partial charge in [0, 0.05) is 43.4 Å². The minimum Gasteiger partial charge on any atom is -0.456 e. The average Bonchev–Trinajstić information content (AvgIpc) is 3.55. The fraction of sp³-hybridized carbons (Fsp3) is 0.0526. The van der Waals surface area contributed by atoms with Crippen LogP contribution in [0.1, 0.15) is 34.7 Å². The van der Waals surface area contributed by atoms with Crippen LogP contribution in [0.15, 0.2) is 171 Å². The molecular weight excluding hydrogens is 760 g/mol. The van der Waals surface area contributed by atoms with Gasteiger partial charge in [0.15, 0.2) is 0 Å². The van der Waals surface area contributed by atoms with Crippen LogP contribution in [-0.4, -0.2) is 16.1 Å². The zero-order valence-corrected chi connectivity index (χ0v) is 29.1. The molecule has 0 fully saturated rings. The normalized spacial score (nSPS) is 17.3. The van der Waals surface area contributed by atoms with Gasteiger partial charge in [-0.05, 0) is 64.8 Å². The first-order valence-corrected chi connectivity index (χ1v) is 17.6. The van der Waals surface area contributed by atoms with E-state index in [1.165, 1.54) is 5.56 Å². The van der Waals surface area contributed by atoms with Crippen LogP contribution in [-0.2, 0) is 4.74 Å². The van der Waals surface area contributed by atoms with Gasteiger partial charge in [-0.1, -0.05) is 121 Å². The first-order chi connectivity index (χ1) is 23.1. The molecule has 0 amide bonds. The highest BCUT2D eigenvalue weighted by molar-refractivity contribution is 9.10. The largest absolute Gasteiger partial charge is 0.456 e. The summed E-state index contributed by atoms with van der Waals surface area (Å²) in [5.41, 5.74) is 8.81. The summed E-state index contributed by atoms with van der Waals surface area (Å²) in [4.78, 5) is 0. The maximum Gasteiger partial charge on any atom is 0.232 e. The predicted molar refractivity (Wildman–Crippen MR) is 183 cm³/mol. The van der Waals surface area contributed by atoms with Gasteiger partial charge in [0.1, 0.15) is 17.2 Å². The second kappa shape index (κ2) is 14.9. The quantitative estimate of drug-likeness (QED) is 0.261. The standard InChI is InChI=1S/C38H27Br2N2O.ClHO4/c39-32-17-11-29(12-18-32)37-23-31(24-38(43-37)30-13-19-33(40)20-14-30)26-15-21-34(22-16-26)42-36(28-9-5-2-6-10-28)25-35(41-42)27-7-3-1-4-8-27;2-1(3,4)5/h1-24,36H,25H2;(H,2,3,4,5)/q+1;/p-1. The monoisotopic (exact) mass is 784 g/mol. The number of hydrogen-bond acceptors (Lipinski definition) is 6. The summed E-state index contributed by atoms with van der Waals surface area (Å²) in [5.74, 6) is 1.63. The van der Waals surface area contributed by atoms with E-state index in [1.54, 1.807) is 0 Å². The van der Waals surface area contributed by atoms with Gasteiger partial charge in [0.2, 0.25) is 11.8 Å². The molecule has 7 nitrogen and oxygen atoms in total. The van der Waals surface area contributed by atoms with E-state index < -0.39 is 10.2 Å². The lowest BCUT2D eigenvalue weighted by Gasteiger charge is -2.20. The van der Waals surface area contributed by atoms with Crippen LogP contribution in [0.5, 0.6) is 0 Å². The lowest BCUT2D eigenvalue weighted by Crippen LogP contribution is -2.68. The summed E-state index contributed by atoms with van der Waals surface area (Å²) in [6.07, 6.45) is 13.8. The Bertz CT molecular complexity index is 1920. The Morgan fingerprint density at radius 3 is 1.58 bits per heavy atom. The van der Waals surface area contributed by atoms with E-state index in [2.05, 4.69) is 152 Å². The molecule has 2 aliphatic heterocycles. The Hall–Kier alpha value is -4.19. The molecule has 10 heteroatoms. The number of nitrogens with zero attached hydrogens (tertiary/aromatic N) is 2. The fourth-order valence-electron chi connectivity index (χ4n) is 5.48. The highest BCUT2D eigenvalue weighted by Crippen LogP contribution is 2.35. The highest BCUT2D eigenvalue weighted by atomic mass is 79.9. The predicted octanol–water partition coefficient (Wildman–Crippen LogP) is 5.29. The van der Waals surface area contributed by atoms with E-state index in [0.717, 1.165) is 66.1 Å². The van der Waals surface area contributed by atoms with E-state index in [0.29, 0.717) is 0 Å². The number of hydrogen-bond donors (Lipinski definition) is 0. The molecule has 0 saturated heterocycles. The van der Waals surface area contributed by atoms with E-state index in [4.69, 9.17) is 28.5 Å². The second-order valence-electron chi connectivity index (χ2n) is 10.9. The molecule has 1 unspecified atom stereocenters. The van der Waals surface area contributed by atoms with Crippen LogP contribution in [0.2, 0.25) is 0 Å². The molecule has 1 aliphatic carbocycles. The van der Waals surface area contributed by atoms with E-state index in [-0.39, 0.29) is 6.04 Å². The topological polar surface area (TPSA) is 117 Å². The van der Waals surface area contributed by atoms with Crippen molar-refractivity contribution < 1.29 is 38.3 Å². The summed E-state index contributed by atoms with van der Waals surface area (Å²) < 4.78 is 44.7. The molecule has 0 saturated carbocycles. The van der Waals surface area contributed by atoms with Crippen molar-refractivity contribution in [3.05, 3.63) is 188 Å². The molecule has 7 rings (SSSR count). The first kappa shape index (κ1) is 33.7. The van der Waals surface area contributed by atoms with Gasteiger partial charge in [-0.15, -0.1) is 10.2 Å². The Morgan fingerprint density at radius 2 is 1.08 bits per heavy atom. The smallest absolute Gasteiger partial charge is 0.232 e. The molecule has 4 aromatic carbocycles. The second-order valence-corrected chi connectivity index (χ2v) is 13.5. The van der Waals surface area contributed by atoms with Crippen molar-refractivity contribution in [3.8, 4) is 0 Å². The molecule has 240 valence electrons. The zero-order chi connectivity index (χ0) is 33.7. The number of rotatable bonds is 4. The van der Waals surface area contributed by atoms with Crippen molar-refractivity contribution >= 4 is 54.8 Å². The van der Waals surface area contributed by atoms with Crippen LogP contribution < -0.4 is 18.6 Å². The van der Waals surface area contributed by atoms with Gasteiger partial charge in [0.25, 0.3) is 0 Å². The van der Waals surface area contributed by atoms with Crippen molar-refractivity contribution in [1.29, 1.82) is 0 Å². The van der Waals surface area contributed by atoms with Crippen LogP contribution in [0.3, 0.4) is 0 Å². The van der Waals surface area contributed by atoms with Crippen LogP contribution in [0, 0.1) is 10.2 Å². The minimum atomic E-state index is -4.94. The summed E-state index contributed by atoms with van der Waals surface area (Å²) in [6, 6.07) is 37.7. The first-order valence-electron chi connectivity index (χ1n) is 14.8. The zero-order valence-electron chi connectivity index (χ0n) is 25.2. The molecule has 0 radical (unpaired) electrons. The van der Waals surface area contributed by atoms with Gasteiger partial charge in [0.05, 0.1) is 6.42 Å². The van der Waals surface area contributed by atoms with Crippen molar-refractivity contribution in [2.45, 2.75) is 12.5 Å². The third-order valence-electron chi connectivity index (χ3n) is 7.72.